The Hall–Kier alpha value is -6.22. The lowest BCUT2D eigenvalue weighted by atomic mass is 9.85. The molecule has 1 saturated heterocycles. The largest absolute Gasteiger partial charge is 0.489 e. The van der Waals surface area contributed by atoms with E-state index in [-0.39, 0.29) is 106 Å². The molecule has 5 amide bonds. The molecule has 6 rings (SSSR count). The molecule has 0 saturated carbocycles. The molecular formula is C51H72FN11O8. The van der Waals surface area contributed by atoms with Gasteiger partial charge in [0.25, 0.3) is 5.91 Å². The first-order valence-corrected chi connectivity index (χ1v) is 24.6. The Morgan fingerprint density at radius 2 is 1.72 bits per heavy atom. The van der Waals surface area contributed by atoms with Crippen LogP contribution in [0.25, 0.3) is 5.65 Å². The number of hydrogen-bond donors (Lipinski definition) is 6. The van der Waals surface area contributed by atoms with E-state index >= 15 is 0 Å². The van der Waals surface area contributed by atoms with Crippen molar-refractivity contribution in [2.45, 2.75) is 110 Å². The van der Waals surface area contributed by atoms with E-state index in [9.17, 15) is 28.4 Å². The minimum absolute atomic E-state index is 0.0958. The van der Waals surface area contributed by atoms with E-state index in [1.54, 1.807) is 42.1 Å². The molecule has 2 aromatic carbocycles. The minimum Gasteiger partial charge on any atom is -0.489 e. The van der Waals surface area contributed by atoms with Crippen molar-refractivity contribution in [1.29, 1.82) is 0 Å². The summed E-state index contributed by atoms with van der Waals surface area (Å²) in [4.78, 5) is 76.1. The van der Waals surface area contributed by atoms with Gasteiger partial charge in [0.15, 0.2) is 5.65 Å². The molecular weight excluding hydrogens is 914 g/mol. The molecule has 1 unspecified atom stereocenters. The first-order valence-electron chi connectivity index (χ1n) is 24.6. The normalized spacial score (nSPS) is 19.6. The van der Waals surface area contributed by atoms with Gasteiger partial charge >= 0.3 is 0 Å². The Balaban J connectivity index is 0.946. The molecule has 19 nitrogen and oxygen atoms in total. The second kappa shape index (κ2) is 25.2. The maximum absolute atomic E-state index is 14.4. The van der Waals surface area contributed by atoms with Crippen LogP contribution < -0.4 is 36.6 Å². The summed E-state index contributed by atoms with van der Waals surface area (Å²) >= 11 is 0. The molecule has 7 atom stereocenters. The van der Waals surface area contributed by atoms with E-state index < -0.39 is 35.5 Å². The van der Waals surface area contributed by atoms with Gasteiger partial charge in [0.05, 0.1) is 57.3 Å². The summed E-state index contributed by atoms with van der Waals surface area (Å²) in [5.41, 5.74) is 1.58. The highest BCUT2D eigenvalue weighted by molar-refractivity contribution is 6.00. The van der Waals surface area contributed by atoms with Gasteiger partial charge in [-0.15, -0.1) is 0 Å². The van der Waals surface area contributed by atoms with E-state index in [0.29, 0.717) is 48.8 Å². The maximum atomic E-state index is 14.4. The molecule has 0 spiro atoms. The summed E-state index contributed by atoms with van der Waals surface area (Å²) in [5.74, 6) is -0.905. The summed E-state index contributed by atoms with van der Waals surface area (Å²) in [7, 11) is 1.68. The lowest BCUT2D eigenvalue weighted by Crippen LogP contribution is -2.59. The molecule has 71 heavy (non-hydrogen) atoms. The number of halogens is 1. The van der Waals surface area contributed by atoms with Gasteiger partial charge in [0.1, 0.15) is 41.1 Å². The number of aromatic nitrogens is 3. The highest BCUT2D eigenvalue weighted by Gasteiger charge is 2.45. The van der Waals surface area contributed by atoms with Crippen LogP contribution in [0.15, 0.2) is 67.0 Å². The van der Waals surface area contributed by atoms with Gasteiger partial charge in [0.2, 0.25) is 23.6 Å². The predicted molar refractivity (Wildman–Crippen MR) is 266 cm³/mol. The molecule has 4 heterocycles. The third-order valence-electron chi connectivity index (χ3n) is 12.8. The molecule has 2 aliphatic rings. The number of benzene rings is 2. The zero-order valence-corrected chi connectivity index (χ0v) is 42.3. The van der Waals surface area contributed by atoms with Gasteiger partial charge in [-0.05, 0) is 75.9 Å². The number of likely N-dealkylation sites (N-methyl/N-ethyl adjacent to an activating group) is 1. The summed E-state index contributed by atoms with van der Waals surface area (Å²) in [6.07, 6.45) is 3.81. The summed E-state index contributed by atoms with van der Waals surface area (Å²) in [5, 5.41) is 23.0. The predicted octanol–water partition coefficient (Wildman–Crippen LogP) is 3.77. The fourth-order valence-electron chi connectivity index (χ4n) is 8.68. The van der Waals surface area contributed by atoms with Crippen LogP contribution >= 0.6 is 0 Å². The summed E-state index contributed by atoms with van der Waals surface area (Å²) < 4.78 is 33.7. The van der Waals surface area contributed by atoms with Crippen LogP contribution in [0.3, 0.4) is 0 Å². The summed E-state index contributed by atoms with van der Waals surface area (Å²) in [6.45, 7) is 15.4. The average molecular weight is 986 g/mol. The number of rotatable bonds is 21. The van der Waals surface area contributed by atoms with Gasteiger partial charge in [-0.1, -0.05) is 58.0 Å². The number of carbonyl (C=O) groups is 5. The van der Waals surface area contributed by atoms with Gasteiger partial charge < -0.3 is 55.9 Å². The van der Waals surface area contributed by atoms with Crippen LogP contribution in [-0.4, -0.2) is 150 Å². The zero-order chi connectivity index (χ0) is 51.2. The number of anilines is 1. The van der Waals surface area contributed by atoms with Gasteiger partial charge in [0, 0.05) is 50.4 Å². The van der Waals surface area contributed by atoms with Crippen molar-refractivity contribution in [3.05, 3.63) is 89.5 Å². The van der Waals surface area contributed by atoms with Crippen molar-refractivity contribution in [2.24, 2.45) is 5.41 Å². The smallest absolute Gasteiger partial charge is 0.259 e. The number of likely N-dealkylation sites (tertiary alicyclic amines) is 1. The Labute approximate surface area is 415 Å². The number of ether oxygens (including phenoxy) is 3. The Kier molecular flexibility index (Phi) is 19.2. The second-order valence-corrected chi connectivity index (χ2v) is 19.3. The summed E-state index contributed by atoms with van der Waals surface area (Å²) in [6, 6.07) is 12.8. The van der Waals surface area contributed by atoms with Crippen molar-refractivity contribution >= 4 is 41.0 Å². The van der Waals surface area contributed by atoms with E-state index in [4.69, 9.17) is 14.2 Å². The van der Waals surface area contributed by atoms with Crippen molar-refractivity contribution in [3.63, 3.8) is 0 Å². The average Bonchev–Trinajstić information content (AvgIpc) is 3.98. The number of nitrogens with zero attached hydrogens (tertiary/aromatic N) is 5. The third kappa shape index (κ3) is 14.7. The van der Waals surface area contributed by atoms with Crippen LogP contribution in [0.5, 0.6) is 5.75 Å². The molecule has 1 fully saturated rings. The zero-order valence-electron chi connectivity index (χ0n) is 42.3. The van der Waals surface area contributed by atoms with Crippen LogP contribution in [0.2, 0.25) is 0 Å². The Morgan fingerprint density at radius 1 is 0.972 bits per heavy atom. The van der Waals surface area contributed by atoms with Crippen LogP contribution in [-0.2, 0) is 28.7 Å². The minimum atomic E-state index is -0.868. The number of hydrogen-bond acceptors (Lipinski definition) is 13. The number of fused-ring (bicyclic) bond motifs is 2. The molecule has 6 N–H and O–H groups in total. The third-order valence-corrected chi connectivity index (χ3v) is 12.8. The van der Waals surface area contributed by atoms with E-state index in [0.717, 1.165) is 5.56 Å². The molecule has 2 aromatic heterocycles. The molecule has 20 heteroatoms. The lowest BCUT2D eigenvalue weighted by Gasteiger charge is -2.36. The fourth-order valence-corrected chi connectivity index (χ4v) is 8.68. The monoisotopic (exact) mass is 986 g/mol. The standard InChI is InChI=1S/C51H72FN11O8/c1-9-40(35-13-11-10-12-14-35)58-48(66)41-28-37(31-62(41)50(68)45(51(5,6)7)60-47(65)34(4)53-8)54-20-24-70-26-25-69-23-18-44(64)55-19-22-61-30-32(2)71-42-16-15-36(52)27-38(42)33(3)57-43-17-21-63-46(59-43)39(29-56-63)49(61)67/h10-17,21,27,29,32-34,37,40-41,45,53-54H,9,18-20,22-26,28,30-31H2,1-8H3,(H,55,64)(H,57,59)(H,58,66)(H,60,65)/t32-,33+,34-,37-,40+,41-,45?/m0/s1. The molecule has 0 aliphatic carbocycles. The van der Waals surface area contributed by atoms with Crippen molar-refractivity contribution in [3.8, 4) is 5.75 Å². The molecule has 2 aliphatic heterocycles. The molecule has 2 bridgehead atoms. The van der Waals surface area contributed by atoms with Crippen molar-refractivity contribution in [2.75, 3.05) is 71.5 Å². The number of carbonyl (C=O) groups excluding carboxylic acids is 5. The highest BCUT2D eigenvalue weighted by Crippen LogP contribution is 2.31. The topological polar surface area (TPSA) is 222 Å². The first kappa shape index (κ1) is 54.1. The quantitative estimate of drug-likeness (QED) is 0.0656. The van der Waals surface area contributed by atoms with Crippen LogP contribution in [0.1, 0.15) is 101 Å². The maximum Gasteiger partial charge on any atom is 0.259 e. The number of nitrogens with one attached hydrogen (secondary N) is 6. The van der Waals surface area contributed by atoms with E-state index in [2.05, 4.69) is 42.0 Å². The fraction of sp³-hybridized carbons (Fsp3) is 0.549. The van der Waals surface area contributed by atoms with Gasteiger partial charge in [-0.2, -0.15) is 5.10 Å². The first-order chi connectivity index (χ1) is 34.0. The van der Waals surface area contributed by atoms with Crippen molar-refractivity contribution in [1.82, 2.24) is 51.0 Å². The van der Waals surface area contributed by atoms with Gasteiger partial charge in [-0.25, -0.2) is 13.9 Å². The molecule has 4 aromatic rings. The lowest BCUT2D eigenvalue weighted by molar-refractivity contribution is -0.144. The Morgan fingerprint density at radius 3 is 2.44 bits per heavy atom. The SMILES string of the molecule is CC[C@@H](NC(=O)[C@@H]1C[C@H](NCCOCCOCCC(=O)NCCN2C[C@H](C)Oc3ccc(F)cc3[C@@H](C)Nc3ccn4ncc(c4n3)C2=O)CN1C(=O)C(NC(=O)[C@H](C)NC)C(C)(C)C)c1ccccc1. The van der Waals surface area contributed by atoms with Crippen LogP contribution in [0, 0.1) is 11.2 Å². The Bertz CT molecular complexity index is 2430. The number of amides is 5. The van der Waals surface area contributed by atoms with E-state index in [1.807, 2.05) is 71.9 Å². The molecule has 0 radical (unpaired) electrons. The highest BCUT2D eigenvalue weighted by atomic mass is 19.1. The van der Waals surface area contributed by atoms with Crippen LogP contribution in [0.4, 0.5) is 10.2 Å². The molecule has 386 valence electrons. The van der Waals surface area contributed by atoms with Crippen molar-refractivity contribution < 1.29 is 42.6 Å². The van der Waals surface area contributed by atoms with Gasteiger partial charge in [-0.3, -0.25) is 24.0 Å². The van der Waals surface area contributed by atoms with E-state index in [1.165, 1.54) is 22.8 Å². The second-order valence-electron chi connectivity index (χ2n) is 19.3.